The van der Waals surface area contributed by atoms with Crippen LogP contribution in [0.4, 0.5) is 4.39 Å². The number of hydrogen-bond donors (Lipinski definition) is 0. The molecular weight excluding hydrogens is 255 g/mol. The number of ether oxygens (including phenoxy) is 1. The normalized spacial score (nSPS) is 10.2. The molecule has 3 rings (SSSR count). The molecule has 0 saturated carbocycles. The molecule has 0 atom stereocenters. The summed E-state index contributed by atoms with van der Waals surface area (Å²) in [6.07, 6.45) is 1.66. The number of nitrogens with zero attached hydrogens (tertiary/aromatic N) is 2. The van der Waals surface area contributed by atoms with Crippen LogP contribution >= 0.6 is 0 Å². The van der Waals surface area contributed by atoms with Crippen molar-refractivity contribution >= 4 is 10.9 Å². The lowest BCUT2D eigenvalue weighted by molar-refractivity contribution is 0.478. The van der Waals surface area contributed by atoms with E-state index in [1.165, 1.54) is 12.1 Å². The summed E-state index contributed by atoms with van der Waals surface area (Å²) in [6.45, 7) is 0. The van der Waals surface area contributed by atoms with Crippen molar-refractivity contribution in [1.82, 2.24) is 4.98 Å². The Labute approximate surface area is 114 Å². The van der Waals surface area contributed by atoms with Crippen molar-refractivity contribution < 1.29 is 9.13 Å². The first-order valence-electron chi connectivity index (χ1n) is 6.00. The third-order valence-corrected chi connectivity index (χ3v) is 2.90. The van der Waals surface area contributed by atoms with E-state index in [9.17, 15) is 4.39 Å². The van der Waals surface area contributed by atoms with Gasteiger partial charge in [0.2, 0.25) is 0 Å². The highest BCUT2D eigenvalue weighted by atomic mass is 19.1. The van der Waals surface area contributed by atoms with Crippen molar-refractivity contribution in [1.29, 1.82) is 5.26 Å². The van der Waals surface area contributed by atoms with Crippen molar-refractivity contribution in [2.75, 3.05) is 0 Å². The van der Waals surface area contributed by atoms with E-state index in [1.54, 1.807) is 18.3 Å². The minimum atomic E-state index is -0.599. The molecule has 4 heteroatoms. The summed E-state index contributed by atoms with van der Waals surface area (Å²) in [7, 11) is 0. The number of para-hydroxylation sites is 1. The van der Waals surface area contributed by atoms with E-state index >= 15 is 0 Å². The minimum absolute atomic E-state index is 0.111. The lowest BCUT2D eigenvalue weighted by atomic mass is 10.2. The molecule has 1 heterocycles. The zero-order valence-electron chi connectivity index (χ0n) is 10.4. The molecule has 0 N–H and O–H groups in total. The Bertz CT molecular complexity index is 819. The summed E-state index contributed by atoms with van der Waals surface area (Å²) < 4.78 is 19.2. The van der Waals surface area contributed by atoms with E-state index in [0.29, 0.717) is 11.3 Å². The Morgan fingerprint density at radius 3 is 2.60 bits per heavy atom. The van der Waals surface area contributed by atoms with Crippen molar-refractivity contribution in [3.63, 3.8) is 0 Å². The highest BCUT2D eigenvalue weighted by Crippen LogP contribution is 2.30. The smallest absolute Gasteiger partial charge is 0.153 e. The maximum Gasteiger partial charge on any atom is 0.153 e. The number of pyridine rings is 1. The van der Waals surface area contributed by atoms with Crippen LogP contribution in [-0.4, -0.2) is 4.98 Å². The molecule has 3 nitrogen and oxygen atoms in total. The van der Waals surface area contributed by atoms with Crippen LogP contribution in [0.1, 0.15) is 5.56 Å². The molecule has 0 unspecified atom stereocenters. The van der Waals surface area contributed by atoms with Crippen LogP contribution in [0, 0.1) is 17.1 Å². The van der Waals surface area contributed by atoms with Gasteiger partial charge in [-0.25, -0.2) is 4.39 Å². The van der Waals surface area contributed by atoms with E-state index in [0.717, 1.165) is 5.39 Å². The fraction of sp³-hybridized carbons (Fsp3) is 0. The highest BCUT2D eigenvalue weighted by Gasteiger charge is 2.11. The molecular formula is C16H9FN2O. The van der Waals surface area contributed by atoms with Gasteiger partial charge < -0.3 is 4.74 Å². The van der Waals surface area contributed by atoms with Gasteiger partial charge in [0.25, 0.3) is 0 Å². The average molecular weight is 264 g/mol. The molecule has 0 radical (unpaired) electrons. The molecule has 20 heavy (non-hydrogen) atoms. The van der Waals surface area contributed by atoms with E-state index in [4.69, 9.17) is 10.00 Å². The second kappa shape index (κ2) is 4.98. The van der Waals surface area contributed by atoms with Crippen LogP contribution < -0.4 is 4.74 Å². The minimum Gasteiger partial charge on any atom is -0.454 e. The summed E-state index contributed by atoms with van der Waals surface area (Å²) in [5, 5.41) is 9.92. The summed E-state index contributed by atoms with van der Waals surface area (Å²) in [4.78, 5) is 4.25. The number of halogens is 1. The predicted molar refractivity (Wildman–Crippen MR) is 72.9 cm³/mol. The first kappa shape index (κ1) is 12.1. The standard InChI is InChI=1S/C16H9FN2O/c17-13-6-2-7-14(12(13)10-18)20-15-8-1-4-11-5-3-9-19-16(11)15/h1-9H. The molecule has 1 aromatic heterocycles. The SMILES string of the molecule is N#Cc1c(F)cccc1Oc1cccc2cccnc12. The largest absolute Gasteiger partial charge is 0.454 e. The van der Waals surface area contributed by atoms with E-state index in [2.05, 4.69) is 4.98 Å². The topological polar surface area (TPSA) is 45.9 Å². The number of aromatic nitrogens is 1. The Kier molecular flexibility index (Phi) is 3.02. The molecule has 0 bridgehead atoms. The Balaban J connectivity index is 2.11. The zero-order chi connectivity index (χ0) is 13.9. The number of benzene rings is 2. The third-order valence-electron chi connectivity index (χ3n) is 2.90. The van der Waals surface area contributed by atoms with Crippen LogP contribution in [0.5, 0.6) is 11.5 Å². The summed E-state index contributed by atoms with van der Waals surface area (Å²) in [6, 6.07) is 15.3. The number of rotatable bonds is 2. The van der Waals surface area contributed by atoms with Crippen LogP contribution in [0.3, 0.4) is 0 Å². The van der Waals surface area contributed by atoms with Gasteiger partial charge in [0.1, 0.15) is 28.7 Å². The first-order valence-corrected chi connectivity index (χ1v) is 6.00. The number of nitriles is 1. The molecule has 0 aliphatic carbocycles. The monoisotopic (exact) mass is 264 g/mol. The van der Waals surface area contributed by atoms with Gasteiger partial charge in [-0.1, -0.05) is 24.3 Å². The molecule has 3 aromatic rings. The van der Waals surface area contributed by atoms with Gasteiger partial charge in [-0.2, -0.15) is 5.26 Å². The zero-order valence-corrected chi connectivity index (χ0v) is 10.4. The molecule has 96 valence electrons. The lowest BCUT2D eigenvalue weighted by Gasteiger charge is -2.09. The molecule has 0 aliphatic rings. The molecule has 0 aliphatic heterocycles. The molecule has 0 amide bonds. The Morgan fingerprint density at radius 2 is 1.75 bits per heavy atom. The maximum atomic E-state index is 13.5. The molecule has 0 spiro atoms. The Morgan fingerprint density at radius 1 is 1.00 bits per heavy atom. The van der Waals surface area contributed by atoms with E-state index in [-0.39, 0.29) is 11.3 Å². The second-order valence-corrected chi connectivity index (χ2v) is 4.16. The molecule has 0 saturated heterocycles. The Hall–Kier alpha value is -2.93. The summed E-state index contributed by atoms with van der Waals surface area (Å²) in [5.41, 5.74) is 0.559. The molecule has 2 aromatic carbocycles. The van der Waals surface area contributed by atoms with Crippen LogP contribution in [0.15, 0.2) is 54.7 Å². The quantitative estimate of drug-likeness (QED) is 0.701. The lowest BCUT2D eigenvalue weighted by Crippen LogP contribution is -1.93. The van der Waals surface area contributed by atoms with Gasteiger partial charge in [0.15, 0.2) is 5.75 Å². The van der Waals surface area contributed by atoms with Crippen molar-refractivity contribution in [2.45, 2.75) is 0 Å². The van der Waals surface area contributed by atoms with Gasteiger partial charge >= 0.3 is 0 Å². The van der Waals surface area contributed by atoms with Crippen LogP contribution in [0.2, 0.25) is 0 Å². The summed E-state index contributed by atoms with van der Waals surface area (Å²) in [5.74, 6) is 0.0778. The van der Waals surface area contributed by atoms with Crippen molar-refractivity contribution in [2.24, 2.45) is 0 Å². The summed E-state index contributed by atoms with van der Waals surface area (Å²) >= 11 is 0. The predicted octanol–water partition coefficient (Wildman–Crippen LogP) is 4.04. The number of hydrogen-bond acceptors (Lipinski definition) is 3. The van der Waals surface area contributed by atoms with E-state index in [1.807, 2.05) is 30.3 Å². The first-order chi connectivity index (χ1) is 9.79. The maximum absolute atomic E-state index is 13.5. The third kappa shape index (κ3) is 2.06. The fourth-order valence-electron chi connectivity index (χ4n) is 1.97. The fourth-order valence-corrected chi connectivity index (χ4v) is 1.97. The van der Waals surface area contributed by atoms with Gasteiger partial charge in [-0.05, 0) is 24.3 Å². The van der Waals surface area contributed by atoms with Gasteiger partial charge in [0, 0.05) is 11.6 Å². The van der Waals surface area contributed by atoms with Gasteiger partial charge in [0.05, 0.1) is 0 Å². The van der Waals surface area contributed by atoms with Crippen LogP contribution in [0.25, 0.3) is 10.9 Å². The van der Waals surface area contributed by atoms with Crippen LogP contribution in [-0.2, 0) is 0 Å². The number of fused-ring (bicyclic) bond motifs is 1. The molecule has 0 fully saturated rings. The van der Waals surface area contributed by atoms with Gasteiger partial charge in [-0.15, -0.1) is 0 Å². The van der Waals surface area contributed by atoms with Gasteiger partial charge in [-0.3, -0.25) is 4.98 Å². The highest BCUT2D eigenvalue weighted by molar-refractivity contribution is 5.84. The second-order valence-electron chi connectivity index (χ2n) is 4.16. The van der Waals surface area contributed by atoms with Crippen molar-refractivity contribution in [3.8, 4) is 17.6 Å². The van der Waals surface area contributed by atoms with E-state index < -0.39 is 5.82 Å². The van der Waals surface area contributed by atoms with Crippen molar-refractivity contribution in [3.05, 3.63) is 66.1 Å². The average Bonchev–Trinajstić information content (AvgIpc) is 2.48.